The van der Waals surface area contributed by atoms with Crippen LogP contribution in [0.25, 0.3) is 10.9 Å². The highest BCUT2D eigenvalue weighted by Crippen LogP contribution is 2.35. The average molecular weight is 424 g/mol. The lowest BCUT2D eigenvalue weighted by Gasteiger charge is -2.47. The standard InChI is InChI=1S/C23H24N2O6/c1-28-23-19(24-15-9-7-13-8-10-18(26)25-16(13)11-15)20(27)21-17(30-23)12-29-22(31-21)14-5-3-2-4-6-14/h2-11,17,19-24,27H,12H2,1H3,(H,25,26)/t17-,19-,20-,21-,22?,23+/m1/s1. The molecule has 0 bridgehead atoms. The molecule has 0 saturated carbocycles. The van der Waals surface area contributed by atoms with Crippen molar-refractivity contribution in [2.24, 2.45) is 0 Å². The van der Waals surface area contributed by atoms with Gasteiger partial charge in [0.2, 0.25) is 5.56 Å². The first-order valence-electron chi connectivity index (χ1n) is 10.2. The van der Waals surface area contributed by atoms with Gasteiger partial charge in [-0.1, -0.05) is 36.4 Å². The van der Waals surface area contributed by atoms with E-state index in [0.717, 1.165) is 10.9 Å². The van der Waals surface area contributed by atoms with Crippen LogP contribution in [-0.4, -0.2) is 54.5 Å². The van der Waals surface area contributed by atoms with Gasteiger partial charge in [-0.3, -0.25) is 4.79 Å². The third-order valence-electron chi connectivity index (χ3n) is 5.73. The van der Waals surface area contributed by atoms with Crippen LogP contribution in [0.4, 0.5) is 5.69 Å². The number of H-pyrrole nitrogens is 1. The molecule has 8 heteroatoms. The fourth-order valence-corrected chi connectivity index (χ4v) is 4.16. The normalized spacial score (nSPS) is 30.6. The third-order valence-corrected chi connectivity index (χ3v) is 5.73. The first-order chi connectivity index (χ1) is 15.1. The molecule has 6 atom stereocenters. The van der Waals surface area contributed by atoms with Crippen molar-refractivity contribution in [3.05, 3.63) is 76.6 Å². The summed E-state index contributed by atoms with van der Waals surface area (Å²) in [6.07, 6.45) is -3.24. The predicted octanol–water partition coefficient (Wildman–Crippen LogP) is 2.16. The number of hydrogen-bond donors (Lipinski definition) is 3. The van der Waals surface area contributed by atoms with Crippen LogP contribution in [-0.2, 0) is 18.9 Å². The number of pyridine rings is 1. The zero-order chi connectivity index (χ0) is 21.4. The fraction of sp³-hybridized carbons (Fsp3) is 0.348. The van der Waals surface area contributed by atoms with Crippen LogP contribution in [0.15, 0.2) is 65.5 Å². The molecule has 0 aliphatic carbocycles. The molecule has 3 aromatic rings. The highest BCUT2D eigenvalue weighted by Gasteiger charge is 2.49. The maximum atomic E-state index is 11.7. The van der Waals surface area contributed by atoms with Gasteiger partial charge in [-0.2, -0.15) is 0 Å². The second-order valence-electron chi connectivity index (χ2n) is 7.74. The number of ether oxygens (including phenoxy) is 4. The van der Waals surface area contributed by atoms with E-state index in [4.69, 9.17) is 18.9 Å². The molecule has 3 heterocycles. The van der Waals surface area contributed by atoms with Gasteiger partial charge in [-0.05, 0) is 23.6 Å². The van der Waals surface area contributed by atoms with Crippen LogP contribution in [0.3, 0.4) is 0 Å². The van der Waals surface area contributed by atoms with E-state index in [1.54, 1.807) is 6.07 Å². The second kappa shape index (κ2) is 8.41. The van der Waals surface area contributed by atoms with Gasteiger partial charge in [0.05, 0.1) is 12.1 Å². The van der Waals surface area contributed by atoms with Crippen molar-refractivity contribution >= 4 is 16.6 Å². The second-order valence-corrected chi connectivity index (χ2v) is 7.74. The summed E-state index contributed by atoms with van der Waals surface area (Å²) in [5.74, 6) is 0. The summed E-state index contributed by atoms with van der Waals surface area (Å²) >= 11 is 0. The molecule has 2 fully saturated rings. The van der Waals surface area contributed by atoms with E-state index < -0.39 is 36.9 Å². The van der Waals surface area contributed by atoms with Gasteiger partial charge in [0, 0.05) is 24.4 Å². The number of rotatable bonds is 4. The topological polar surface area (TPSA) is 102 Å². The van der Waals surface area contributed by atoms with Crippen molar-refractivity contribution < 1.29 is 24.1 Å². The molecule has 2 aliphatic heterocycles. The molecule has 5 rings (SSSR count). The Bertz CT molecular complexity index is 1100. The van der Waals surface area contributed by atoms with Crippen LogP contribution in [0.1, 0.15) is 11.9 Å². The molecule has 1 aromatic heterocycles. The van der Waals surface area contributed by atoms with Gasteiger partial charge >= 0.3 is 0 Å². The first kappa shape index (κ1) is 20.2. The number of aromatic amines is 1. The Morgan fingerprint density at radius 1 is 1.10 bits per heavy atom. The van der Waals surface area contributed by atoms with Crippen LogP contribution >= 0.6 is 0 Å². The summed E-state index contributed by atoms with van der Waals surface area (Å²) in [4.78, 5) is 14.5. The van der Waals surface area contributed by atoms with Crippen molar-refractivity contribution in [3.8, 4) is 0 Å². The number of benzene rings is 2. The minimum Gasteiger partial charge on any atom is -0.388 e. The van der Waals surface area contributed by atoms with Gasteiger partial charge in [0.25, 0.3) is 0 Å². The van der Waals surface area contributed by atoms with E-state index in [1.807, 2.05) is 48.5 Å². The number of aromatic nitrogens is 1. The van der Waals surface area contributed by atoms with E-state index in [0.29, 0.717) is 11.2 Å². The Balaban J connectivity index is 1.38. The predicted molar refractivity (Wildman–Crippen MR) is 114 cm³/mol. The van der Waals surface area contributed by atoms with Crippen molar-refractivity contribution in [2.45, 2.75) is 36.9 Å². The summed E-state index contributed by atoms with van der Waals surface area (Å²) in [7, 11) is 1.53. The molecule has 2 saturated heterocycles. The lowest BCUT2D eigenvalue weighted by Crippen LogP contribution is -2.64. The molecule has 31 heavy (non-hydrogen) atoms. The number of anilines is 1. The van der Waals surface area contributed by atoms with Crippen molar-refractivity contribution in [2.75, 3.05) is 19.0 Å². The van der Waals surface area contributed by atoms with E-state index >= 15 is 0 Å². The summed E-state index contributed by atoms with van der Waals surface area (Å²) in [5, 5.41) is 15.4. The summed E-state index contributed by atoms with van der Waals surface area (Å²) in [6, 6.07) is 17.8. The Morgan fingerprint density at radius 3 is 2.71 bits per heavy atom. The fourth-order valence-electron chi connectivity index (χ4n) is 4.16. The summed E-state index contributed by atoms with van der Waals surface area (Å²) in [6.45, 7) is 0.283. The van der Waals surface area contributed by atoms with Crippen molar-refractivity contribution in [1.82, 2.24) is 4.98 Å². The van der Waals surface area contributed by atoms with Gasteiger partial charge in [0.1, 0.15) is 24.4 Å². The minimum atomic E-state index is -0.913. The maximum absolute atomic E-state index is 11.7. The van der Waals surface area contributed by atoms with Gasteiger partial charge in [-0.25, -0.2) is 0 Å². The lowest BCUT2D eigenvalue weighted by atomic mass is 9.95. The molecule has 3 N–H and O–H groups in total. The number of fused-ring (bicyclic) bond motifs is 2. The quantitative estimate of drug-likeness (QED) is 0.590. The molecular formula is C23H24N2O6. The third kappa shape index (κ3) is 3.96. The molecule has 0 amide bonds. The van der Waals surface area contributed by atoms with Gasteiger partial charge in [0.15, 0.2) is 12.6 Å². The molecule has 162 valence electrons. The molecule has 0 radical (unpaired) electrons. The maximum Gasteiger partial charge on any atom is 0.248 e. The van der Waals surface area contributed by atoms with E-state index in [9.17, 15) is 9.90 Å². The summed E-state index contributed by atoms with van der Waals surface area (Å²) in [5.41, 5.74) is 2.12. The monoisotopic (exact) mass is 424 g/mol. The van der Waals surface area contributed by atoms with Crippen LogP contribution in [0.2, 0.25) is 0 Å². The minimum absolute atomic E-state index is 0.175. The summed E-state index contributed by atoms with van der Waals surface area (Å²) < 4.78 is 23.4. The zero-order valence-corrected chi connectivity index (χ0v) is 16.9. The van der Waals surface area contributed by atoms with Crippen LogP contribution < -0.4 is 10.9 Å². The zero-order valence-electron chi connectivity index (χ0n) is 16.9. The Kier molecular flexibility index (Phi) is 5.47. The van der Waals surface area contributed by atoms with E-state index in [1.165, 1.54) is 13.2 Å². The smallest absolute Gasteiger partial charge is 0.248 e. The van der Waals surface area contributed by atoms with E-state index in [2.05, 4.69) is 10.3 Å². The Hall–Kier alpha value is -2.75. The van der Waals surface area contributed by atoms with Crippen LogP contribution in [0, 0.1) is 0 Å². The van der Waals surface area contributed by atoms with Gasteiger partial charge < -0.3 is 34.4 Å². The van der Waals surface area contributed by atoms with Crippen molar-refractivity contribution in [3.63, 3.8) is 0 Å². The SMILES string of the molecule is CO[C@H]1O[C@@H]2COC(c3ccccc3)O[C@H]2[C@H](O)[C@H]1Nc1ccc2ccc(=O)[nH]c2c1. The van der Waals surface area contributed by atoms with E-state index in [-0.39, 0.29) is 12.2 Å². The number of aliphatic hydroxyl groups is 1. The van der Waals surface area contributed by atoms with Crippen molar-refractivity contribution in [1.29, 1.82) is 0 Å². The number of methoxy groups -OCH3 is 1. The van der Waals surface area contributed by atoms with Crippen LogP contribution in [0.5, 0.6) is 0 Å². The highest BCUT2D eigenvalue weighted by atomic mass is 16.7. The number of hydrogen-bond acceptors (Lipinski definition) is 7. The largest absolute Gasteiger partial charge is 0.388 e. The molecule has 8 nitrogen and oxygen atoms in total. The molecule has 2 aromatic carbocycles. The number of nitrogens with one attached hydrogen (secondary N) is 2. The molecule has 1 unspecified atom stereocenters. The van der Waals surface area contributed by atoms with Gasteiger partial charge in [-0.15, -0.1) is 0 Å². The number of aliphatic hydroxyl groups excluding tert-OH is 1. The first-order valence-corrected chi connectivity index (χ1v) is 10.2. The average Bonchev–Trinajstić information content (AvgIpc) is 2.81. The lowest BCUT2D eigenvalue weighted by molar-refractivity contribution is -0.337. The Morgan fingerprint density at radius 2 is 1.90 bits per heavy atom. The highest BCUT2D eigenvalue weighted by molar-refractivity contribution is 5.81. The molecule has 0 spiro atoms. The molecule has 2 aliphatic rings. The Labute approximate surface area is 178 Å². The molecular weight excluding hydrogens is 400 g/mol.